The molecule has 2 atom stereocenters. The molecular formula is C9H18FNO3. The van der Waals surface area contributed by atoms with E-state index in [9.17, 15) is 9.18 Å². The number of rotatable bonds is 4. The van der Waals surface area contributed by atoms with Gasteiger partial charge in [-0.2, -0.15) is 0 Å². The zero-order valence-electron chi connectivity index (χ0n) is 8.79. The van der Waals surface area contributed by atoms with Crippen LogP contribution < -0.4 is 5.73 Å². The maximum atomic E-state index is 12.6. The summed E-state index contributed by atoms with van der Waals surface area (Å²) in [5.41, 5.74) is 4.75. The van der Waals surface area contributed by atoms with Crippen LogP contribution in [0.1, 0.15) is 27.2 Å². The molecule has 0 fully saturated rings. The topological polar surface area (TPSA) is 72.5 Å². The standard InChI is InChI=1S/C9H18FNO3/c1-9(2,3)14-8(13)7(11)4-6(10)5-12/h6-7,12H,4-5,11H2,1-3H3/t6-,7+/m1/s1. The van der Waals surface area contributed by atoms with Crippen LogP contribution >= 0.6 is 0 Å². The third-order valence-electron chi connectivity index (χ3n) is 1.42. The van der Waals surface area contributed by atoms with E-state index < -0.39 is 30.4 Å². The monoisotopic (exact) mass is 207 g/mol. The minimum atomic E-state index is -1.47. The Labute approximate surface area is 83.2 Å². The van der Waals surface area contributed by atoms with Gasteiger partial charge in [0.25, 0.3) is 0 Å². The van der Waals surface area contributed by atoms with Gasteiger partial charge in [0, 0.05) is 6.42 Å². The van der Waals surface area contributed by atoms with Crippen molar-refractivity contribution in [2.45, 2.75) is 45.0 Å². The Morgan fingerprint density at radius 2 is 2.07 bits per heavy atom. The van der Waals surface area contributed by atoms with Crippen molar-refractivity contribution in [1.82, 2.24) is 0 Å². The molecule has 0 aliphatic rings. The average Bonchev–Trinajstić information content (AvgIpc) is 2.00. The van der Waals surface area contributed by atoms with Crippen LogP contribution in [0.15, 0.2) is 0 Å². The Hall–Kier alpha value is -0.680. The molecule has 0 aromatic rings. The number of ether oxygens (including phenoxy) is 1. The highest BCUT2D eigenvalue weighted by Gasteiger charge is 2.24. The van der Waals surface area contributed by atoms with Crippen molar-refractivity contribution in [3.8, 4) is 0 Å². The molecular weight excluding hydrogens is 189 g/mol. The van der Waals surface area contributed by atoms with Crippen molar-refractivity contribution in [2.24, 2.45) is 5.73 Å². The molecule has 14 heavy (non-hydrogen) atoms. The molecule has 0 heterocycles. The average molecular weight is 207 g/mol. The number of aliphatic hydroxyl groups is 1. The Balaban J connectivity index is 4.00. The van der Waals surface area contributed by atoms with Crippen LogP contribution in [0.3, 0.4) is 0 Å². The summed E-state index contributed by atoms with van der Waals surface area (Å²) in [6.45, 7) is 4.49. The summed E-state index contributed by atoms with van der Waals surface area (Å²) in [5, 5.41) is 8.42. The Morgan fingerprint density at radius 1 is 1.57 bits per heavy atom. The first-order chi connectivity index (χ1) is 6.26. The van der Waals surface area contributed by atoms with E-state index >= 15 is 0 Å². The number of alkyl halides is 1. The van der Waals surface area contributed by atoms with Gasteiger partial charge in [0.1, 0.15) is 17.8 Å². The predicted octanol–water partition coefficient (Wildman–Crippen LogP) is 0.376. The Morgan fingerprint density at radius 3 is 2.43 bits per heavy atom. The highest BCUT2D eigenvalue weighted by Crippen LogP contribution is 2.10. The molecule has 0 aromatic carbocycles. The fourth-order valence-corrected chi connectivity index (χ4v) is 0.824. The van der Waals surface area contributed by atoms with Gasteiger partial charge in [-0.25, -0.2) is 4.39 Å². The summed E-state index contributed by atoms with van der Waals surface area (Å²) in [6, 6.07) is -1.02. The smallest absolute Gasteiger partial charge is 0.323 e. The molecule has 0 aliphatic carbocycles. The summed E-state index contributed by atoms with van der Waals surface area (Å²) in [6.07, 6.45) is -1.69. The lowest BCUT2D eigenvalue weighted by atomic mass is 10.1. The number of hydrogen-bond acceptors (Lipinski definition) is 4. The second-order valence-electron chi connectivity index (χ2n) is 4.16. The lowest BCUT2D eigenvalue weighted by molar-refractivity contribution is -0.157. The van der Waals surface area contributed by atoms with Crippen LogP contribution in [0.4, 0.5) is 4.39 Å². The number of carbonyl (C=O) groups is 1. The number of esters is 1. The molecule has 3 N–H and O–H groups in total. The molecule has 0 radical (unpaired) electrons. The van der Waals surface area contributed by atoms with Gasteiger partial charge in [-0.3, -0.25) is 4.79 Å². The van der Waals surface area contributed by atoms with Gasteiger partial charge in [-0.15, -0.1) is 0 Å². The molecule has 0 saturated heterocycles. The minimum Gasteiger partial charge on any atom is -0.459 e. The summed E-state index contributed by atoms with van der Waals surface area (Å²) >= 11 is 0. The van der Waals surface area contributed by atoms with Gasteiger partial charge in [0.15, 0.2) is 0 Å². The van der Waals surface area contributed by atoms with E-state index in [-0.39, 0.29) is 6.42 Å². The van der Waals surface area contributed by atoms with Crippen molar-refractivity contribution < 1.29 is 19.0 Å². The van der Waals surface area contributed by atoms with Crippen molar-refractivity contribution in [1.29, 1.82) is 0 Å². The van der Waals surface area contributed by atoms with E-state index in [0.29, 0.717) is 0 Å². The van der Waals surface area contributed by atoms with Crippen LogP contribution in [0, 0.1) is 0 Å². The number of hydrogen-bond donors (Lipinski definition) is 2. The van der Waals surface area contributed by atoms with Crippen LogP contribution in [-0.4, -0.2) is 35.5 Å². The van der Waals surface area contributed by atoms with E-state index in [0.717, 1.165) is 0 Å². The molecule has 0 amide bonds. The maximum absolute atomic E-state index is 12.6. The summed E-state index contributed by atoms with van der Waals surface area (Å²) in [5.74, 6) is -0.645. The third kappa shape index (κ3) is 5.88. The van der Waals surface area contributed by atoms with Crippen LogP contribution in [-0.2, 0) is 9.53 Å². The lowest BCUT2D eigenvalue weighted by Crippen LogP contribution is -2.39. The molecule has 0 bridgehead atoms. The number of halogens is 1. The second-order valence-corrected chi connectivity index (χ2v) is 4.16. The van der Waals surface area contributed by atoms with Crippen molar-refractivity contribution in [3.63, 3.8) is 0 Å². The molecule has 84 valence electrons. The third-order valence-corrected chi connectivity index (χ3v) is 1.42. The van der Waals surface area contributed by atoms with Gasteiger partial charge in [-0.05, 0) is 20.8 Å². The Bertz CT molecular complexity index is 191. The van der Waals surface area contributed by atoms with Gasteiger partial charge in [-0.1, -0.05) is 0 Å². The van der Waals surface area contributed by atoms with Gasteiger partial charge in [0.2, 0.25) is 0 Å². The predicted molar refractivity (Wildman–Crippen MR) is 50.4 cm³/mol. The van der Waals surface area contributed by atoms with Crippen LogP contribution in [0.25, 0.3) is 0 Å². The number of carbonyl (C=O) groups excluding carboxylic acids is 1. The Kier molecular flexibility index (Phi) is 5.01. The number of nitrogens with two attached hydrogens (primary N) is 1. The van der Waals surface area contributed by atoms with E-state index in [1.54, 1.807) is 20.8 Å². The SMILES string of the molecule is CC(C)(C)OC(=O)[C@@H](N)C[C@@H](F)CO. The van der Waals surface area contributed by atoms with Gasteiger partial charge < -0.3 is 15.6 Å². The molecule has 0 aliphatic heterocycles. The highest BCUT2D eigenvalue weighted by atomic mass is 19.1. The van der Waals surface area contributed by atoms with E-state index in [4.69, 9.17) is 15.6 Å². The van der Waals surface area contributed by atoms with Gasteiger partial charge in [0.05, 0.1) is 6.61 Å². The van der Waals surface area contributed by atoms with Crippen molar-refractivity contribution in [2.75, 3.05) is 6.61 Å². The molecule has 0 unspecified atom stereocenters. The first-order valence-electron chi connectivity index (χ1n) is 4.49. The van der Waals surface area contributed by atoms with Crippen LogP contribution in [0.2, 0.25) is 0 Å². The van der Waals surface area contributed by atoms with E-state index in [2.05, 4.69) is 0 Å². The van der Waals surface area contributed by atoms with E-state index in [1.165, 1.54) is 0 Å². The summed E-state index contributed by atoms with van der Waals surface area (Å²) in [7, 11) is 0. The molecule has 0 saturated carbocycles. The second kappa shape index (κ2) is 5.26. The quantitative estimate of drug-likeness (QED) is 0.653. The zero-order chi connectivity index (χ0) is 11.4. The molecule has 5 heteroatoms. The van der Waals surface area contributed by atoms with E-state index in [1.807, 2.05) is 0 Å². The number of aliphatic hydroxyl groups excluding tert-OH is 1. The highest BCUT2D eigenvalue weighted by molar-refractivity contribution is 5.75. The molecule has 0 rings (SSSR count). The molecule has 0 spiro atoms. The largest absolute Gasteiger partial charge is 0.459 e. The van der Waals surface area contributed by atoms with Gasteiger partial charge >= 0.3 is 5.97 Å². The normalized spacial score (nSPS) is 16.1. The zero-order valence-corrected chi connectivity index (χ0v) is 8.79. The van der Waals surface area contributed by atoms with Crippen molar-refractivity contribution in [3.05, 3.63) is 0 Å². The minimum absolute atomic E-state index is 0.217. The molecule has 4 nitrogen and oxygen atoms in total. The fraction of sp³-hybridized carbons (Fsp3) is 0.889. The first-order valence-corrected chi connectivity index (χ1v) is 4.49. The summed E-state index contributed by atoms with van der Waals surface area (Å²) < 4.78 is 17.6. The molecule has 0 aromatic heterocycles. The maximum Gasteiger partial charge on any atom is 0.323 e. The fourth-order valence-electron chi connectivity index (χ4n) is 0.824. The summed E-state index contributed by atoms with van der Waals surface area (Å²) in [4.78, 5) is 11.2. The lowest BCUT2D eigenvalue weighted by Gasteiger charge is -2.22. The van der Waals surface area contributed by atoms with Crippen molar-refractivity contribution >= 4 is 5.97 Å². The first kappa shape index (κ1) is 13.3. The van der Waals surface area contributed by atoms with Crippen LogP contribution in [0.5, 0.6) is 0 Å².